The lowest BCUT2D eigenvalue weighted by Gasteiger charge is -2.47. The van der Waals surface area contributed by atoms with Crippen molar-refractivity contribution in [2.24, 2.45) is 11.8 Å². The van der Waals surface area contributed by atoms with Gasteiger partial charge in [-0.3, -0.25) is 0 Å². The maximum Gasteiger partial charge on any atom is 0.403 e. The van der Waals surface area contributed by atoms with Crippen molar-refractivity contribution in [1.29, 1.82) is 0 Å². The van der Waals surface area contributed by atoms with E-state index in [1.807, 2.05) is 0 Å². The van der Waals surface area contributed by atoms with Gasteiger partial charge < -0.3 is 5.32 Å². The fourth-order valence-corrected chi connectivity index (χ4v) is 3.63. The third-order valence-electron chi connectivity index (χ3n) is 4.08. The molecule has 1 nitrogen and oxygen atoms in total. The first kappa shape index (κ1) is 15.2. The zero-order chi connectivity index (χ0) is 14.4. The lowest BCUT2D eigenvalue weighted by molar-refractivity contribution is -0.210. The molecule has 2 fully saturated rings. The highest BCUT2D eigenvalue weighted by Crippen LogP contribution is 2.46. The average molecular weight is 310 g/mol. The molecule has 19 heavy (non-hydrogen) atoms. The molecule has 0 aromatic carbocycles. The van der Waals surface area contributed by atoms with Crippen LogP contribution in [0.3, 0.4) is 0 Å². The number of halogens is 7. The first-order valence-electron chi connectivity index (χ1n) is 6.14. The standard InChI is InChI=1S/C11H14ClF6N/c12-7-4-8(11(16,17)18)19-9-5(7)2-1-3-6(9)10(13,14)15/h5-9,19H,1-4H2. The molecule has 1 N–H and O–H groups in total. The van der Waals surface area contributed by atoms with Gasteiger partial charge in [-0.15, -0.1) is 11.6 Å². The summed E-state index contributed by atoms with van der Waals surface area (Å²) in [6.07, 6.45) is -8.75. The van der Waals surface area contributed by atoms with Gasteiger partial charge in [0.05, 0.1) is 5.92 Å². The Balaban J connectivity index is 2.21. The van der Waals surface area contributed by atoms with Gasteiger partial charge in [0.15, 0.2) is 0 Å². The summed E-state index contributed by atoms with van der Waals surface area (Å²) in [4.78, 5) is 0. The molecule has 1 saturated heterocycles. The van der Waals surface area contributed by atoms with Crippen molar-refractivity contribution in [3.05, 3.63) is 0 Å². The predicted octanol–water partition coefficient (Wildman–Crippen LogP) is 3.87. The van der Waals surface area contributed by atoms with Crippen LogP contribution in [0.5, 0.6) is 0 Å². The van der Waals surface area contributed by atoms with Gasteiger partial charge in [-0.05, 0) is 25.2 Å². The van der Waals surface area contributed by atoms with E-state index in [4.69, 9.17) is 11.6 Å². The Labute approximate surface area is 111 Å². The number of hydrogen-bond acceptors (Lipinski definition) is 1. The maximum absolute atomic E-state index is 12.9. The van der Waals surface area contributed by atoms with Crippen LogP contribution in [0.4, 0.5) is 26.3 Å². The number of nitrogens with one attached hydrogen (secondary N) is 1. The summed E-state index contributed by atoms with van der Waals surface area (Å²) in [6.45, 7) is 0. The zero-order valence-electron chi connectivity index (χ0n) is 9.86. The molecule has 1 saturated carbocycles. The highest BCUT2D eigenvalue weighted by molar-refractivity contribution is 6.20. The molecule has 5 unspecified atom stereocenters. The molecule has 0 radical (unpaired) electrons. The predicted molar refractivity (Wildman–Crippen MR) is 57.9 cm³/mol. The molecule has 2 rings (SSSR count). The van der Waals surface area contributed by atoms with E-state index in [1.165, 1.54) is 0 Å². The van der Waals surface area contributed by atoms with Crippen LogP contribution < -0.4 is 5.32 Å². The average Bonchev–Trinajstić information content (AvgIpc) is 2.25. The zero-order valence-corrected chi connectivity index (χ0v) is 10.6. The van der Waals surface area contributed by atoms with Crippen LogP contribution in [0.2, 0.25) is 0 Å². The normalized spacial score (nSPS) is 40.9. The van der Waals surface area contributed by atoms with Crippen LogP contribution in [0.25, 0.3) is 0 Å². The van der Waals surface area contributed by atoms with Gasteiger partial charge in [0.1, 0.15) is 6.04 Å². The summed E-state index contributed by atoms with van der Waals surface area (Å²) < 4.78 is 76.8. The number of rotatable bonds is 0. The third kappa shape index (κ3) is 3.12. The third-order valence-corrected chi connectivity index (χ3v) is 4.58. The van der Waals surface area contributed by atoms with E-state index < -0.39 is 41.6 Å². The van der Waals surface area contributed by atoms with E-state index in [2.05, 4.69) is 5.32 Å². The van der Waals surface area contributed by atoms with Gasteiger partial charge in [0.25, 0.3) is 0 Å². The molecule has 0 aromatic rings. The molecule has 0 spiro atoms. The smallest absolute Gasteiger partial charge is 0.302 e. The topological polar surface area (TPSA) is 12.0 Å². The summed E-state index contributed by atoms with van der Waals surface area (Å²) in [5.41, 5.74) is 0. The van der Waals surface area contributed by atoms with Crippen LogP contribution in [0, 0.1) is 11.8 Å². The van der Waals surface area contributed by atoms with Gasteiger partial charge in [-0.1, -0.05) is 6.42 Å². The minimum absolute atomic E-state index is 0.133. The molecule has 112 valence electrons. The van der Waals surface area contributed by atoms with Crippen molar-refractivity contribution in [3.8, 4) is 0 Å². The first-order chi connectivity index (χ1) is 8.60. The van der Waals surface area contributed by atoms with Crippen molar-refractivity contribution < 1.29 is 26.3 Å². The molecule has 1 heterocycles. The molecular formula is C11H14ClF6N. The molecule has 0 aromatic heterocycles. The minimum atomic E-state index is -4.56. The second-order valence-corrected chi connectivity index (χ2v) is 5.84. The molecule has 2 aliphatic rings. The summed E-state index contributed by atoms with van der Waals surface area (Å²) in [7, 11) is 0. The minimum Gasteiger partial charge on any atom is -0.302 e. The molecule has 8 heteroatoms. The Hall–Kier alpha value is -0.170. The Morgan fingerprint density at radius 3 is 2.11 bits per heavy atom. The second kappa shape index (κ2) is 4.98. The molecule has 1 aliphatic heterocycles. The monoisotopic (exact) mass is 309 g/mol. The van der Waals surface area contributed by atoms with Crippen LogP contribution >= 0.6 is 11.6 Å². The van der Waals surface area contributed by atoms with Crippen molar-refractivity contribution in [2.75, 3.05) is 0 Å². The van der Waals surface area contributed by atoms with Crippen molar-refractivity contribution in [1.82, 2.24) is 5.32 Å². The lowest BCUT2D eigenvalue weighted by atomic mass is 9.71. The molecule has 5 atom stereocenters. The van der Waals surface area contributed by atoms with Crippen LogP contribution in [0.15, 0.2) is 0 Å². The van der Waals surface area contributed by atoms with Gasteiger partial charge in [0, 0.05) is 11.4 Å². The summed E-state index contributed by atoms with van der Waals surface area (Å²) in [5, 5.41) is 1.29. The van der Waals surface area contributed by atoms with Crippen molar-refractivity contribution in [2.45, 2.75) is 55.5 Å². The van der Waals surface area contributed by atoms with Gasteiger partial charge in [-0.25, -0.2) is 0 Å². The number of piperidine rings is 1. The maximum atomic E-state index is 12.9. The molecule has 1 aliphatic carbocycles. The lowest BCUT2D eigenvalue weighted by Crippen LogP contribution is -2.63. The van der Waals surface area contributed by atoms with Crippen LogP contribution in [-0.4, -0.2) is 29.8 Å². The van der Waals surface area contributed by atoms with Gasteiger partial charge in [-0.2, -0.15) is 26.3 Å². The van der Waals surface area contributed by atoms with Gasteiger partial charge in [0.2, 0.25) is 0 Å². The fourth-order valence-electron chi connectivity index (χ4n) is 3.17. The Morgan fingerprint density at radius 2 is 1.58 bits per heavy atom. The molecule has 0 bridgehead atoms. The van der Waals surface area contributed by atoms with Crippen molar-refractivity contribution in [3.63, 3.8) is 0 Å². The fraction of sp³-hybridized carbons (Fsp3) is 1.00. The number of fused-ring (bicyclic) bond motifs is 1. The highest BCUT2D eigenvalue weighted by atomic mass is 35.5. The number of alkyl halides is 7. The quantitative estimate of drug-likeness (QED) is 0.529. The Bertz CT molecular complexity index is 328. The van der Waals surface area contributed by atoms with Crippen LogP contribution in [0.1, 0.15) is 25.7 Å². The molecular weight excluding hydrogens is 296 g/mol. The SMILES string of the molecule is FC(F)(F)C1CC(Cl)C2CCCC(C(F)(F)F)C2N1. The summed E-state index contributed by atoms with van der Waals surface area (Å²) >= 11 is 5.90. The number of hydrogen-bond donors (Lipinski definition) is 1. The largest absolute Gasteiger partial charge is 0.403 e. The van der Waals surface area contributed by atoms with Crippen molar-refractivity contribution >= 4 is 11.6 Å². The highest BCUT2D eigenvalue weighted by Gasteiger charge is 2.56. The van der Waals surface area contributed by atoms with E-state index >= 15 is 0 Å². The van der Waals surface area contributed by atoms with E-state index in [9.17, 15) is 26.3 Å². The second-order valence-electron chi connectivity index (χ2n) is 5.28. The Kier molecular flexibility index (Phi) is 3.99. The summed E-state index contributed by atoms with van der Waals surface area (Å²) in [6, 6.07) is -3.17. The van der Waals surface area contributed by atoms with Gasteiger partial charge >= 0.3 is 12.4 Å². The van der Waals surface area contributed by atoms with Crippen LogP contribution in [-0.2, 0) is 0 Å². The van der Waals surface area contributed by atoms with E-state index in [1.54, 1.807) is 0 Å². The van der Waals surface area contributed by atoms with E-state index in [-0.39, 0.29) is 12.8 Å². The first-order valence-corrected chi connectivity index (χ1v) is 6.58. The Morgan fingerprint density at radius 1 is 0.947 bits per heavy atom. The van der Waals surface area contributed by atoms with E-state index in [0.29, 0.717) is 12.8 Å². The molecule has 0 amide bonds. The summed E-state index contributed by atoms with van der Waals surface area (Å²) in [5.74, 6) is -2.28. The van der Waals surface area contributed by atoms with E-state index in [0.717, 1.165) is 0 Å².